The average Bonchev–Trinajstić information content (AvgIpc) is 2.73. The third kappa shape index (κ3) is 6.36. The van der Waals surface area contributed by atoms with E-state index in [2.05, 4.69) is 17.4 Å². The zero-order chi connectivity index (χ0) is 19.6. The highest BCUT2D eigenvalue weighted by atomic mass is 16.5. The van der Waals surface area contributed by atoms with Crippen LogP contribution in [0.15, 0.2) is 48.5 Å². The van der Waals surface area contributed by atoms with Gasteiger partial charge < -0.3 is 19.5 Å². The van der Waals surface area contributed by atoms with Crippen molar-refractivity contribution in [2.24, 2.45) is 0 Å². The predicted molar refractivity (Wildman–Crippen MR) is 109 cm³/mol. The molecule has 28 heavy (non-hydrogen) atoms. The lowest BCUT2D eigenvalue weighted by Gasteiger charge is -2.23. The fraction of sp³-hybridized carbons (Fsp3) is 0.435. The van der Waals surface area contributed by atoms with E-state index in [1.165, 1.54) is 5.56 Å². The smallest absolute Gasteiger partial charge is 0.251 e. The number of nitrogens with one attached hydrogen (secondary N) is 1. The Labute approximate surface area is 167 Å². The highest BCUT2D eigenvalue weighted by molar-refractivity contribution is 5.96. The van der Waals surface area contributed by atoms with Gasteiger partial charge in [0.1, 0.15) is 5.75 Å². The Morgan fingerprint density at radius 2 is 1.89 bits per heavy atom. The second kappa shape index (κ2) is 10.8. The maximum Gasteiger partial charge on any atom is 0.251 e. The van der Waals surface area contributed by atoms with Crippen LogP contribution >= 0.6 is 0 Å². The monoisotopic (exact) mass is 383 g/mol. The average molecular weight is 383 g/mol. The molecular weight excluding hydrogens is 354 g/mol. The summed E-state index contributed by atoms with van der Waals surface area (Å²) in [5.41, 5.74) is 2.79. The van der Waals surface area contributed by atoms with Crippen LogP contribution in [0.3, 0.4) is 0 Å². The fourth-order valence-corrected chi connectivity index (χ4v) is 3.16. The van der Waals surface area contributed by atoms with Gasteiger partial charge in [-0.1, -0.05) is 36.4 Å². The van der Waals surface area contributed by atoms with Crippen molar-refractivity contribution in [3.05, 3.63) is 65.2 Å². The molecule has 0 unspecified atom stereocenters. The number of carbonyl (C=O) groups is 1. The van der Waals surface area contributed by atoms with Crippen LogP contribution in [0.5, 0.6) is 5.75 Å². The van der Waals surface area contributed by atoms with Gasteiger partial charge in [-0.25, -0.2) is 0 Å². The lowest BCUT2D eigenvalue weighted by Crippen LogP contribution is -2.39. The van der Waals surface area contributed by atoms with Crippen molar-refractivity contribution >= 4 is 5.91 Å². The molecule has 0 aromatic heterocycles. The molecule has 1 N–H and O–H groups in total. The van der Waals surface area contributed by atoms with E-state index >= 15 is 0 Å². The molecule has 150 valence electrons. The Bertz CT molecular complexity index is 742. The molecule has 1 fully saturated rings. The largest absolute Gasteiger partial charge is 0.493 e. The van der Waals surface area contributed by atoms with Gasteiger partial charge >= 0.3 is 0 Å². The molecular formula is C23H29NO4. The SMILES string of the molecule is Cc1ccc(OCCCOCc2ccccc2)cc1C(=O)NC1CCOCC1. The van der Waals surface area contributed by atoms with Crippen LogP contribution in [0, 0.1) is 6.92 Å². The molecule has 3 rings (SSSR count). The molecule has 1 saturated heterocycles. The highest BCUT2D eigenvalue weighted by Gasteiger charge is 2.18. The Morgan fingerprint density at radius 3 is 2.68 bits per heavy atom. The summed E-state index contributed by atoms with van der Waals surface area (Å²) < 4.78 is 16.8. The summed E-state index contributed by atoms with van der Waals surface area (Å²) in [7, 11) is 0. The van der Waals surface area contributed by atoms with Gasteiger partial charge in [0.25, 0.3) is 5.91 Å². The first kappa shape index (κ1) is 20.4. The second-order valence-corrected chi connectivity index (χ2v) is 7.08. The zero-order valence-corrected chi connectivity index (χ0v) is 16.5. The first-order chi connectivity index (χ1) is 13.7. The maximum atomic E-state index is 12.6. The van der Waals surface area contributed by atoms with E-state index in [9.17, 15) is 4.79 Å². The van der Waals surface area contributed by atoms with E-state index < -0.39 is 0 Å². The van der Waals surface area contributed by atoms with Crippen molar-refractivity contribution in [2.45, 2.75) is 38.8 Å². The van der Waals surface area contributed by atoms with E-state index in [0.29, 0.717) is 44.3 Å². The second-order valence-electron chi connectivity index (χ2n) is 7.08. The Morgan fingerprint density at radius 1 is 1.11 bits per heavy atom. The first-order valence-corrected chi connectivity index (χ1v) is 9.96. The van der Waals surface area contributed by atoms with Crippen LogP contribution < -0.4 is 10.1 Å². The van der Waals surface area contributed by atoms with Gasteiger partial charge in [-0.3, -0.25) is 4.79 Å². The number of rotatable bonds is 9. The van der Waals surface area contributed by atoms with Crippen molar-refractivity contribution in [2.75, 3.05) is 26.4 Å². The quantitative estimate of drug-likeness (QED) is 0.668. The standard InChI is InChI=1S/C23H29NO4/c1-18-8-9-21(16-22(18)23(25)24-20-10-14-26-15-11-20)28-13-5-12-27-17-19-6-3-2-4-7-19/h2-4,6-9,16,20H,5,10-15,17H2,1H3,(H,24,25). The topological polar surface area (TPSA) is 56.8 Å². The van der Waals surface area contributed by atoms with Gasteiger partial charge in [-0.2, -0.15) is 0 Å². The van der Waals surface area contributed by atoms with Gasteiger partial charge in [0.15, 0.2) is 0 Å². The first-order valence-electron chi connectivity index (χ1n) is 9.96. The van der Waals surface area contributed by atoms with Crippen molar-refractivity contribution in [3.63, 3.8) is 0 Å². The fourth-order valence-electron chi connectivity index (χ4n) is 3.16. The molecule has 1 heterocycles. The molecule has 0 atom stereocenters. The van der Waals surface area contributed by atoms with E-state index in [1.54, 1.807) is 0 Å². The van der Waals surface area contributed by atoms with Crippen LogP contribution in [-0.4, -0.2) is 38.4 Å². The molecule has 0 bridgehead atoms. The lowest BCUT2D eigenvalue weighted by molar-refractivity contribution is 0.0696. The number of ether oxygens (including phenoxy) is 3. The van der Waals surface area contributed by atoms with Crippen LogP contribution in [0.2, 0.25) is 0 Å². The van der Waals surface area contributed by atoms with E-state index in [0.717, 1.165) is 24.8 Å². The minimum Gasteiger partial charge on any atom is -0.493 e. The van der Waals surface area contributed by atoms with Gasteiger partial charge in [0, 0.05) is 31.2 Å². The van der Waals surface area contributed by atoms with Crippen LogP contribution in [0.4, 0.5) is 0 Å². The maximum absolute atomic E-state index is 12.6. The molecule has 0 spiro atoms. The summed E-state index contributed by atoms with van der Waals surface area (Å²) in [6.45, 7) is 5.16. The molecule has 2 aromatic rings. The van der Waals surface area contributed by atoms with Gasteiger partial charge in [-0.05, 0) is 43.0 Å². The highest BCUT2D eigenvalue weighted by Crippen LogP contribution is 2.18. The third-order valence-electron chi connectivity index (χ3n) is 4.82. The molecule has 1 amide bonds. The number of benzene rings is 2. The number of aryl methyl sites for hydroxylation is 1. The van der Waals surface area contributed by atoms with Crippen LogP contribution in [0.25, 0.3) is 0 Å². The number of amides is 1. The Kier molecular flexibility index (Phi) is 7.88. The molecule has 1 aliphatic heterocycles. The van der Waals surface area contributed by atoms with E-state index in [-0.39, 0.29) is 11.9 Å². The lowest BCUT2D eigenvalue weighted by atomic mass is 10.1. The summed E-state index contributed by atoms with van der Waals surface area (Å²) in [5.74, 6) is 0.673. The normalized spacial score (nSPS) is 14.6. The predicted octanol–water partition coefficient (Wildman–Crippen LogP) is 3.89. The van der Waals surface area contributed by atoms with Crippen molar-refractivity contribution < 1.29 is 19.0 Å². The molecule has 1 aliphatic rings. The molecule has 2 aromatic carbocycles. The minimum absolute atomic E-state index is 0.0407. The summed E-state index contributed by atoms with van der Waals surface area (Å²) in [5, 5.41) is 3.11. The summed E-state index contributed by atoms with van der Waals surface area (Å²) >= 11 is 0. The third-order valence-corrected chi connectivity index (χ3v) is 4.82. The molecule has 0 saturated carbocycles. The van der Waals surface area contributed by atoms with Crippen LogP contribution in [-0.2, 0) is 16.1 Å². The van der Waals surface area contributed by atoms with Crippen molar-refractivity contribution in [1.29, 1.82) is 0 Å². The molecule has 0 aliphatic carbocycles. The molecule has 5 heteroatoms. The zero-order valence-electron chi connectivity index (χ0n) is 16.5. The summed E-state index contributed by atoms with van der Waals surface area (Å²) in [4.78, 5) is 12.6. The van der Waals surface area contributed by atoms with Crippen LogP contribution in [0.1, 0.15) is 40.7 Å². The number of hydrogen-bond donors (Lipinski definition) is 1. The summed E-state index contributed by atoms with van der Waals surface area (Å²) in [6, 6.07) is 16.0. The molecule has 5 nitrogen and oxygen atoms in total. The van der Waals surface area contributed by atoms with Gasteiger partial charge in [0.2, 0.25) is 0 Å². The summed E-state index contributed by atoms with van der Waals surface area (Å²) in [6.07, 6.45) is 2.53. The number of carbonyl (C=O) groups excluding carboxylic acids is 1. The van der Waals surface area contributed by atoms with Crippen molar-refractivity contribution in [3.8, 4) is 5.75 Å². The van der Waals surface area contributed by atoms with E-state index in [1.807, 2.05) is 43.3 Å². The van der Waals surface area contributed by atoms with E-state index in [4.69, 9.17) is 14.2 Å². The number of hydrogen-bond acceptors (Lipinski definition) is 4. The van der Waals surface area contributed by atoms with Gasteiger partial charge in [0.05, 0.1) is 19.8 Å². The minimum atomic E-state index is -0.0407. The van der Waals surface area contributed by atoms with Crippen molar-refractivity contribution in [1.82, 2.24) is 5.32 Å². The Balaban J connectivity index is 1.41. The van der Waals surface area contributed by atoms with Gasteiger partial charge in [-0.15, -0.1) is 0 Å². The Hall–Kier alpha value is -2.37. The molecule has 0 radical (unpaired) electrons.